The van der Waals surface area contributed by atoms with Gasteiger partial charge in [0.25, 0.3) is 0 Å². The van der Waals surface area contributed by atoms with Crippen molar-refractivity contribution in [2.75, 3.05) is 0 Å². The number of hydrogen-bond acceptors (Lipinski definition) is 3. The zero-order valence-corrected chi connectivity index (χ0v) is 13.4. The molecule has 0 aliphatic heterocycles. The largest absolute Gasteiger partial charge is 0.240 e. The van der Waals surface area contributed by atoms with Crippen molar-refractivity contribution in [1.29, 1.82) is 10.5 Å². The van der Waals surface area contributed by atoms with Gasteiger partial charge in [0.15, 0.2) is 0 Å². The van der Waals surface area contributed by atoms with Gasteiger partial charge in [-0.25, -0.2) is 9.07 Å². The molecule has 4 nitrogen and oxygen atoms in total. The van der Waals surface area contributed by atoms with Crippen molar-refractivity contribution >= 4 is 6.08 Å². The Morgan fingerprint density at radius 3 is 2.28 bits per heavy atom. The first kappa shape index (κ1) is 16.2. The van der Waals surface area contributed by atoms with Crippen LogP contribution in [0.3, 0.4) is 0 Å². The lowest BCUT2D eigenvalue weighted by Gasteiger charge is -2.01. The van der Waals surface area contributed by atoms with Crippen LogP contribution in [0.5, 0.6) is 0 Å². The van der Waals surface area contributed by atoms with Crippen molar-refractivity contribution in [3.63, 3.8) is 0 Å². The maximum atomic E-state index is 13.1. The molecule has 3 aromatic rings. The number of rotatable bonds is 3. The zero-order valence-electron chi connectivity index (χ0n) is 13.4. The molecule has 0 fully saturated rings. The van der Waals surface area contributed by atoms with Gasteiger partial charge in [0.2, 0.25) is 0 Å². The summed E-state index contributed by atoms with van der Waals surface area (Å²) in [7, 11) is 0. The Kier molecular flexibility index (Phi) is 4.41. The Morgan fingerprint density at radius 1 is 1.04 bits per heavy atom. The van der Waals surface area contributed by atoms with E-state index in [1.54, 1.807) is 23.0 Å². The fraction of sp³-hybridized carbons (Fsp3) is 0.0500. The number of nitriles is 2. The summed E-state index contributed by atoms with van der Waals surface area (Å²) in [5.41, 5.74) is 3.96. The second kappa shape index (κ2) is 6.82. The third kappa shape index (κ3) is 3.46. The summed E-state index contributed by atoms with van der Waals surface area (Å²) >= 11 is 0. The zero-order chi connectivity index (χ0) is 17.8. The van der Waals surface area contributed by atoms with E-state index in [1.165, 1.54) is 18.2 Å². The molecule has 0 amide bonds. The van der Waals surface area contributed by atoms with Gasteiger partial charge in [-0.3, -0.25) is 0 Å². The predicted molar refractivity (Wildman–Crippen MR) is 92.9 cm³/mol. The van der Waals surface area contributed by atoms with Crippen LogP contribution in [-0.4, -0.2) is 9.78 Å². The van der Waals surface area contributed by atoms with Crippen molar-refractivity contribution in [3.05, 3.63) is 77.2 Å². The summed E-state index contributed by atoms with van der Waals surface area (Å²) in [6.07, 6.45) is 3.22. The number of halogens is 1. The minimum Gasteiger partial charge on any atom is -0.240 e. The van der Waals surface area contributed by atoms with Gasteiger partial charge in [0.05, 0.1) is 5.69 Å². The fourth-order valence-electron chi connectivity index (χ4n) is 2.40. The smallest absolute Gasteiger partial charge is 0.130 e. The summed E-state index contributed by atoms with van der Waals surface area (Å²) in [6, 6.07) is 17.5. The molecule has 0 N–H and O–H groups in total. The summed E-state index contributed by atoms with van der Waals surface area (Å²) in [6.45, 7) is 1.99. The SMILES string of the molecule is Cc1ccc(-c2nn(-c3ccc(F)cc3)cc2C=C(C#N)C#N)cc1. The van der Waals surface area contributed by atoms with Crippen molar-refractivity contribution < 1.29 is 4.39 Å². The molecule has 0 bridgehead atoms. The maximum absolute atomic E-state index is 13.1. The van der Waals surface area contributed by atoms with Gasteiger partial charge in [0.1, 0.15) is 29.2 Å². The van der Waals surface area contributed by atoms with E-state index >= 15 is 0 Å². The highest BCUT2D eigenvalue weighted by molar-refractivity contribution is 5.75. The van der Waals surface area contributed by atoms with Gasteiger partial charge in [-0.05, 0) is 37.3 Å². The Bertz CT molecular complexity index is 998. The average Bonchev–Trinajstić information content (AvgIpc) is 3.04. The summed E-state index contributed by atoms with van der Waals surface area (Å²) < 4.78 is 14.7. The quantitative estimate of drug-likeness (QED) is 0.669. The molecule has 0 aliphatic rings. The van der Waals surface area contributed by atoms with Crippen molar-refractivity contribution in [2.45, 2.75) is 6.92 Å². The molecule has 5 heteroatoms. The molecule has 0 unspecified atom stereocenters. The second-order valence-corrected chi connectivity index (χ2v) is 5.50. The van der Waals surface area contributed by atoms with Gasteiger partial charge in [-0.1, -0.05) is 29.8 Å². The van der Waals surface area contributed by atoms with E-state index in [2.05, 4.69) is 5.10 Å². The highest BCUT2D eigenvalue weighted by Gasteiger charge is 2.12. The molecule has 25 heavy (non-hydrogen) atoms. The van der Waals surface area contributed by atoms with Crippen LogP contribution in [0.15, 0.2) is 60.3 Å². The molecule has 3 rings (SSSR count). The van der Waals surface area contributed by atoms with Gasteiger partial charge in [-0.2, -0.15) is 15.6 Å². The molecular weight excluding hydrogens is 315 g/mol. The first-order valence-corrected chi connectivity index (χ1v) is 7.55. The standard InChI is InChI=1S/C20H13FN4/c1-14-2-4-16(5-3-14)20-17(10-15(11-22)12-23)13-25(24-20)19-8-6-18(21)7-9-19/h2-10,13H,1H3. The van der Waals surface area contributed by atoms with Crippen molar-refractivity contribution in [3.8, 4) is 29.1 Å². The predicted octanol–water partition coefficient (Wildman–Crippen LogP) is 4.42. The molecule has 0 saturated heterocycles. The number of aryl methyl sites for hydroxylation is 1. The van der Waals surface area contributed by atoms with E-state index in [-0.39, 0.29) is 11.4 Å². The number of aromatic nitrogens is 2. The highest BCUT2D eigenvalue weighted by atomic mass is 19.1. The number of nitrogens with zero attached hydrogens (tertiary/aromatic N) is 4. The van der Waals surface area contributed by atoms with E-state index in [1.807, 2.05) is 43.3 Å². The molecule has 120 valence electrons. The summed E-state index contributed by atoms with van der Waals surface area (Å²) in [5, 5.41) is 22.6. The number of hydrogen-bond donors (Lipinski definition) is 0. The van der Waals surface area contributed by atoms with Crippen LogP contribution in [0.1, 0.15) is 11.1 Å². The van der Waals surface area contributed by atoms with Crippen LogP contribution in [0.4, 0.5) is 4.39 Å². The highest BCUT2D eigenvalue weighted by Crippen LogP contribution is 2.26. The van der Waals surface area contributed by atoms with Crippen LogP contribution in [0.2, 0.25) is 0 Å². The van der Waals surface area contributed by atoms with E-state index in [4.69, 9.17) is 10.5 Å². The second-order valence-electron chi connectivity index (χ2n) is 5.50. The Morgan fingerprint density at radius 2 is 1.68 bits per heavy atom. The molecular formula is C20H13FN4. The van der Waals surface area contributed by atoms with Crippen LogP contribution >= 0.6 is 0 Å². The van der Waals surface area contributed by atoms with E-state index in [9.17, 15) is 4.39 Å². The number of benzene rings is 2. The van der Waals surface area contributed by atoms with Crippen LogP contribution in [-0.2, 0) is 0 Å². The molecule has 1 aromatic heterocycles. The lowest BCUT2D eigenvalue weighted by molar-refractivity contribution is 0.627. The third-order valence-electron chi connectivity index (χ3n) is 3.70. The monoisotopic (exact) mass is 328 g/mol. The molecule has 0 aliphatic carbocycles. The van der Waals surface area contributed by atoms with Crippen LogP contribution < -0.4 is 0 Å². The Hall–Kier alpha value is -3.70. The van der Waals surface area contributed by atoms with Gasteiger partial charge >= 0.3 is 0 Å². The van der Waals surface area contributed by atoms with Crippen molar-refractivity contribution in [1.82, 2.24) is 9.78 Å². The average molecular weight is 328 g/mol. The molecule has 0 saturated carbocycles. The lowest BCUT2D eigenvalue weighted by atomic mass is 10.1. The maximum Gasteiger partial charge on any atom is 0.130 e. The minimum absolute atomic E-state index is 0.00739. The van der Waals surface area contributed by atoms with Gasteiger partial charge in [-0.15, -0.1) is 0 Å². The summed E-state index contributed by atoms with van der Waals surface area (Å²) in [4.78, 5) is 0. The first-order valence-electron chi connectivity index (χ1n) is 7.55. The van der Waals surface area contributed by atoms with E-state index in [0.29, 0.717) is 16.9 Å². The van der Waals surface area contributed by atoms with E-state index in [0.717, 1.165) is 11.1 Å². The molecule has 2 aromatic carbocycles. The third-order valence-corrected chi connectivity index (χ3v) is 3.70. The first-order chi connectivity index (χ1) is 12.1. The lowest BCUT2D eigenvalue weighted by Crippen LogP contribution is -1.94. The van der Waals surface area contributed by atoms with Crippen LogP contribution in [0.25, 0.3) is 23.0 Å². The molecule has 0 radical (unpaired) electrons. The van der Waals surface area contributed by atoms with Crippen LogP contribution in [0, 0.1) is 35.4 Å². The minimum atomic E-state index is -0.328. The van der Waals surface area contributed by atoms with E-state index < -0.39 is 0 Å². The van der Waals surface area contributed by atoms with Gasteiger partial charge in [0, 0.05) is 17.3 Å². The summed E-state index contributed by atoms with van der Waals surface area (Å²) in [5.74, 6) is -0.328. The van der Waals surface area contributed by atoms with Crippen molar-refractivity contribution in [2.24, 2.45) is 0 Å². The molecule has 1 heterocycles. The normalized spacial score (nSPS) is 9.92. The molecule has 0 spiro atoms. The Balaban J connectivity index is 2.16. The van der Waals surface area contributed by atoms with Gasteiger partial charge < -0.3 is 0 Å². The topological polar surface area (TPSA) is 65.4 Å². The number of allylic oxidation sites excluding steroid dienone is 1. The Labute approximate surface area is 144 Å². The molecule has 0 atom stereocenters. The fourth-order valence-corrected chi connectivity index (χ4v) is 2.40.